The summed E-state index contributed by atoms with van der Waals surface area (Å²) < 4.78 is 5.13. The summed E-state index contributed by atoms with van der Waals surface area (Å²) in [4.78, 5) is 0. The fourth-order valence-corrected chi connectivity index (χ4v) is 7.08. The molecule has 1 aliphatic heterocycles. The van der Waals surface area contributed by atoms with Gasteiger partial charge in [0.15, 0.2) is 17.9 Å². The molecule has 0 radical (unpaired) electrons. The monoisotopic (exact) mass is 552 g/mol. The van der Waals surface area contributed by atoms with Gasteiger partial charge >= 0.3 is 0 Å². The average Bonchev–Trinajstić information content (AvgIpc) is 3.05. The Morgan fingerprint density at radius 1 is 0.690 bits per heavy atom. The van der Waals surface area contributed by atoms with Crippen molar-refractivity contribution in [3.05, 3.63) is 132 Å². The molecule has 6 rings (SSSR count). The average molecular weight is 553 g/mol. The second-order valence-electron chi connectivity index (χ2n) is 11.8. The van der Waals surface area contributed by atoms with E-state index in [1.54, 1.807) is 0 Å². The summed E-state index contributed by atoms with van der Waals surface area (Å²) in [6.45, 7) is 7.98. The lowest BCUT2D eigenvalue weighted by atomic mass is 9.79. The molecule has 2 nitrogen and oxygen atoms in total. The van der Waals surface area contributed by atoms with Crippen LogP contribution in [0.5, 0.6) is 0 Å². The fourth-order valence-electron chi connectivity index (χ4n) is 7.08. The highest BCUT2D eigenvalue weighted by Gasteiger charge is 2.43. The summed E-state index contributed by atoms with van der Waals surface area (Å²) in [6, 6.07) is 38.7. The molecular formula is C40H44N2+2. The van der Waals surface area contributed by atoms with E-state index >= 15 is 0 Å². The third-order valence-corrected chi connectivity index (χ3v) is 9.44. The van der Waals surface area contributed by atoms with E-state index in [1.807, 2.05) is 0 Å². The fraction of sp³-hybridized carbons (Fsp3) is 0.300. The zero-order valence-corrected chi connectivity index (χ0v) is 25.5. The molecule has 3 aromatic carbocycles. The van der Waals surface area contributed by atoms with Gasteiger partial charge in [-0.2, -0.15) is 9.13 Å². The predicted molar refractivity (Wildman–Crippen MR) is 174 cm³/mol. The lowest BCUT2D eigenvalue weighted by Gasteiger charge is -2.30. The van der Waals surface area contributed by atoms with Gasteiger partial charge < -0.3 is 0 Å². The molecule has 5 aromatic rings. The van der Waals surface area contributed by atoms with Crippen molar-refractivity contribution in [2.75, 3.05) is 0 Å². The van der Waals surface area contributed by atoms with Crippen molar-refractivity contribution in [2.45, 2.75) is 77.8 Å². The van der Waals surface area contributed by atoms with Crippen molar-refractivity contribution < 1.29 is 9.13 Å². The Bertz CT molecular complexity index is 1660. The number of hydrogen-bond acceptors (Lipinski definition) is 0. The summed E-state index contributed by atoms with van der Waals surface area (Å²) in [5.41, 5.74) is 12.0. The Morgan fingerprint density at radius 3 is 2.29 bits per heavy atom. The number of unbranched alkanes of at least 4 members (excludes halogenated alkanes) is 1. The third-order valence-electron chi connectivity index (χ3n) is 9.44. The Morgan fingerprint density at radius 2 is 1.48 bits per heavy atom. The molecule has 0 saturated carbocycles. The van der Waals surface area contributed by atoms with Crippen LogP contribution in [0, 0.1) is 0 Å². The lowest BCUT2D eigenvalue weighted by molar-refractivity contribution is -0.746. The number of rotatable bonds is 6. The van der Waals surface area contributed by atoms with Gasteiger partial charge in [-0.15, -0.1) is 0 Å². The van der Waals surface area contributed by atoms with Gasteiger partial charge in [-0.3, -0.25) is 0 Å². The van der Waals surface area contributed by atoms with E-state index < -0.39 is 0 Å². The second kappa shape index (κ2) is 12.4. The van der Waals surface area contributed by atoms with E-state index in [1.165, 1.54) is 63.2 Å². The van der Waals surface area contributed by atoms with E-state index in [2.05, 4.69) is 145 Å². The van der Waals surface area contributed by atoms with Crippen molar-refractivity contribution in [3.63, 3.8) is 0 Å². The summed E-state index contributed by atoms with van der Waals surface area (Å²) in [6.07, 6.45) is 12.4. The minimum atomic E-state index is -0.182. The second-order valence-corrected chi connectivity index (χ2v) is 11.8. The maximum absolute atomic E-state index is 2.61. The van der Waals surface area contributed by atoms with Gasteiger partial charge in [0.05, 0.1) is 5.56 Å². The number of benzene rings is 3. The normalized spacial score (nSPS) is 14.0. The number of aryl methyl sites for hydroxylation is 3. The van der Waals surface area contributed by atoms with E-state index in [0.29, 0.717) is 0 Å². The molecule has 2 heteroatoms. The molecule has 0 N–H and O–H groups in total. The molecule has 3 heterocycles. The summed E-state index contributed by atoms with van der Waals surface area (Å²) in [7, 11) is 0. The molecule has 2 aromatic heterocycles. The van der Waals surface area contributed by atoms with Crippen LogP contribution in [0.15, 0.2) is 116 Å². The zero-order valence-electron chi connectivity index (χ0n) is 25.5. The molecule has 0 amide bonds. The number of aromatic nitrogens is 2. The molecule has 1 aliphatic rings. The molecule has 0 unspecified atom stereocenters. The highest BCUT2D eigenvalue weighted by atomic mass is 15.1. The van der Waals surface area contributed by atoms with Crippen LogP contribution in [0.25, 0.3) is 33.6 Å². The zero-order chi connectivity index (χ0) is 28.9. The highest BCUT2D eigenvalue weighted by Crippen LogP contribution is 2.38. The molecule has 42 heavy (non-hydrogen) atoms. The number of fused-ring (bicyclic) bond motifs is 6. The maximum Gasteiger partial charge on any atom is 0.213 e. The van der Waals surface area contributed by atoms with Gasteiger partial charge in [-0.25, -0.2) is 0 Å². The minimum Gasteiger partial charge on any atom is -0.198 e. The first-order chi connectivity index (χ1) is 20.7. The van der Waals surface area contributed by atoms with E-state index in [-0.39, 0.29) is 5.54 Å². The Balaban J connectivity index is 1.62. The first kappa shape index (κ1) is 28.1. The molecule has 0 fully saturated rings. The van der Waals surface area contributed by atoms with Crippen LogP contribution in [0.4, 0.5) is 0 Å². The van der Waals surface area contributed by atoms with E-state index in [4.69, 9.17) is 0 Å². The van der Waals surface area contributed by atoms with Crippen LogP contribution < -0.4 is 9.13 Å². The van der Waals surface area contributed by atoms with Crippen LogP contribution in [0.1, 0.15) is 69.6 Å². The first-order valence-corrected chi connectivity index (χ1v) is 16.0. The smallest absolute Gasteiger partial charge is 0.198 e. The third kappa shape index (κ3) is 5.20. The van der Waals surface area contributed by atoms with Crippen LogP contribution in [0.3, 0.4) is 0 Å². The topological polar surface area (TPSA) is 7.76 Å². The lowest BCUT2D eigenvalue weighted by Crippen LogP contribution is -2.58. The van der Waals surface area contributed by atoms with Crippen molar-refractivity contribution in [2.24, 2.45) is 0 Å². The summed E-state index contributed by atoms with van der Waals surface area (Å²) >= 11 is 0. The molecule has 0 atom stereocenters. The van der Waals surface area contributed by atoms with Crippen LogP contribution >= 0.6 is 0 Å². The Hall–Kier alpha value is -4.04. The van der Waals surface area contributed by atoms with Gasteiger partial charge in [0.1, 0.15) is 6.54 Å². The first-order valence-electron chi connectivity index (χ1n) is 16.0. The van der Waals surface area contributed by atoms with E-state index in [0.717, 1.165) is 38.6 Å². The molecule has 212 valence electrons. The Labute approximate surface area is 252 Å². The molecular weight excluding hydrogens is 508 g/mol. The predicted octanol–water partition coefficient (Wildman–Crippen LogP) is 9.12. The number of nitrogens with zero attached hydrogens (tertiary/aromatic N) is 2. The molecule has 0 spiro atoms. The molecule has 0 bridgehead atoms. The standard InChI is InChI=1S/C40H44N2/c1-4-7-16-31-23-24-33-19-15-27-41-30-34(32-17-9-8-10-18-32)25-26-38(41)35-20-11-12-21-37(35)40(5-2,6-3)42-28-14-13-22-39(42)36(33)29-31/h8-14,17-18,20-26,28-30H,4-7,15-16,19,27H2,1-3H3/q+2. The van der Waals surface area contributed by atoms with Crippen molar-refractivity contribution in [1.29, 1.82) is 0 Å². The highest BCUT2D eigenvalue weighted by molar-refractivity contribution is 5.68. The van der Waals surface area contributed by atoms with Crippen LogP contribution in [-0.2, 0) is 24.9 Å². The van der Waals surface area contributed by atoms with Crippen molar-refractivity contribution in [3.8, 4) is 33.6 Å². The minimum absolute atomic E-state index is 0.182. The summed E-state index contributed by atoms with van der Waals surface area (Å²) in [5, 5.41) is 0. The number of hydrogen-bond donors (Lipinski definition) is 0. The van der Waals surface area contributed by atoms with Gasteiger partial charge in [0.25, 0.3) is 0 Å². The summed E-state index contributed by atoms with van der Waals surface area (Å²) in [5.74, 6) is 0. The maximum atomic E-state index is 2.61. The van der Waals surface area contributed by atoms with Gasteiger partial charge in [-0.05, 0) is 60.2 Å². The van der Waals surface area contributed by atoms with Gasteiger partial charge in [-0.1, -0.05) is 87.9 Å². The van der Waals surface area contributed by atoms with Gasteiger partial charge in [0, 0.05) is 54.2 Å². The van der Waals surface area contributed by atoms with Crippen LogP contribution in [-0.4, -0.2) is 0 Å². The quantitative estimate of drug-likeness (QED) is 0.186. The number of pyridine rings is 2. The Kier molecular flexibility index (Phi) is 8.33. The molecule has 0 saturated heterocycles. The van der Waals surface area contributed by atoms with Crippen molar-refractivity contribution in [1.82, 2.24) is 0 Å². The van der Waals surface area contributed by atoms with Crippen LogP contribution in [0.2, 0.25) is 0 Å². The van der Waals surface area contributed by atoms with Gasteiger partial charge in [0.2, 0.25) is 11.4 Å². The van der Waals surface area contributed by atoms with E-state index in [9.17, 15) is 0 Å². The SMILES string of the molecule is CCCCc1ccc2c(c1)-c1cccc[n+]1C(CC)(CC)c1ccccc1-c1ccc(-c3ccccc3)c[n+]1CCC2. The largest absolute Gasteiger partial charge is 0.213 e. The molecule has 0 aliphatic carbocycles. The van der Waals surface area contributed by atoms with Crippen molar-refractivity contribution >= 4 is 0 Å².